The summed E-state index contributed by atoms with van der Waals surface area (Å²) in [6, 6.07) is -0.0865. The third-order valence-corrected chi connectivity index (χ3v) is 2.77. The Kier molecular flexibility index (Phi) is 5.85. The standard InChI is InChI=1S/C13H23N3O2/c1-4-6-9(3)15-12(17)11-8-18-13(16-11)10(14)7-5-2/h8-10H,4-7,14H2,1-3H3,(H,15,17). The molecule has 1 amide bonds. The number of nitrogens with zero attached hydrogens (tertiary/aromatic N) is 1. The lowest BCUT2D eigenvalue weighted by Crippen LogP contribution is -2.32. The monoisotopic (exact) mass is 253 g/mol. The minimum absolute atomic E-state index is 0.145. The molecule has 0 radical (unpaired) electrons. The van der Waals surface area contributed by atoms with Gasteiger partial charge in [0.15, 0.2) is 5.69 Å². The van der Waals surface area contributed by atoms with Crippen LogP contribution >= 0.6 is 0 Å². The number of rotatable bonds is 7. The highest BCUT2D eigenvalue weighted by atomic mass is 16.3. The molecule has 2 unspecified atom stereocenters. The number of carbonyl (C=O) groups excluding carboxylic acids is 1. The van der Waals surface area contributed by atoms with Crippen LogP contribution in [0.4, 0.5) is 0 Å². The summed E-state index contributed by atoms with van der Waals surface area (Å²) >= 11 is 0. The zero-order valence-electron chi connectivity index (χ0n) is 11.4. The molecule has 0 saturated carbocycles. The molecule has 1 rings (SSSR count). The van der Waals surface area contributed by atoms with Gasteiger partial charge in [-0.1, -0.05) is 26.7 Å². The molecular weight excluding hydrogens is 230 g/mol. The van der Waals surface area contributed by atoms with Gasteiger partial charge in [-0.2, -0.15) is 0 Å². The van der Waals surface area contributed by atoms with Crippen molar-refractivity contribution < 1.29 is 9.21 Å². The molecule has 0 aromatic carbocycles. The fraction of sp³-hybridized carbons (Fsp3) is 0.692. The molecule has 18 heavy (non-hydrogen) atoms. The second-order valence-corrected chi connectivity index (χ2v) is 4.63. The Balaban J connectivity index is 2.59. The van der Waals surface area contributed by atoms with E-state index in [9.17, 15) is 4.79 Å². The fourth-order valence-corrected chi connectivity index (χ4v) is 1.80. The van der Waals surface area contributed by atoms with Crippen LogP contribution in [-0.4, -0.2) is 16.9 Å². The van der Waals surface area contributed by atoms with Gasteiger partial charge < -0.3 is 15.5 Å². The average Bonchev–Trinajstić information content (AvgIpc) is 2.78. The van der Waals surface area contributed by atoms with E-state index in [-0.39, 0.29) is 18.0 Å². The van der Waals surface area contributed by atoms with Crippen molar-refractivity contribution >= 4 is 5.91 Å². The van der Waals surface area contributed by atoms with Crippen molar-refractivity contribution in [1.82, 2.24) is 10.3 Å². The first kappa shape index (κ1) is 14.7. The number of carbonyl (C=O) groups is 1. The van der Waals surface area contributed by atoms with Crippen LogP contribution in [0, 0.1) is 0 Å². The van der Waals surface area contributed by atoms with E-state index >= 15 is 0 Å². The Bertz CT molecular complexity index is 376. The second-order valence-electron chi connectivity index (χ2n) is 4.63. The molecule has 5 heteroatoms. The van der Waals surface area contributed by atoms with Crippen LogP contribution in [0.5, 0.6) is 0 Å². The normalized spacial score (nSPS) is 14.2. The lowest BCUT2D eigenvalue weighted by molar-refractivity contribution is 0.0933. The van der Waals surface area contributed by atoms with E-state index in [0.29, 0.717) is 11.6 Å². The van der Waals surface area contributed by atoms with Crippen molar-refractivity contribution in [3.63, 3.8) is 0 Å². The Morgan fingerprint density at radius 3 is 2.72 bits per heavy atom. The van der Waals surface area contributed by atoms with Gasteiger partial charge >= 0.3 is 0 Å². The predicted octanol–water partition coefficient (Wildman–Crippen LogP) is 2.39. The number of amides is 1. The van der Waals surface area contributed by atoms with Crippen molar-refractivity contribution in [2.24, 2.45) is 5.73 Å². The van der Waals surface area contributed by atoms with Crippen LogP contribution in [-0.2, 0) is 0 Å². The van der Waals surface area contributed by atoms with E-state index in [1.54, 1.807) is 0 Å². The predicted molar refractivity (Wildman–Crippen MR) is 70.2 cm³/mol. The molecule has 0 bridgehead atoms. The second kappa shape index (κ2) is 7.16. The van der Waals surface area contributed by atoms with Gasteiger partial charge in [-0.15, -0.1) is 0 Å². The van der Waals surface area contributed by atoms with Crippen LogP contribution in [0.25, 0.3) is 0 Å². The van der Waals surface area contributed by atoms with Gasteiger partial charge in [-0.3, -0.25) is 4.79 Å². The van der Waals surface area contributed by atoms with Gasteiger partial charge in [-0.25, -0.2) is 4.98 Å². The summed E-state index contributed by atoms with van der Waals surface area (Å²) in [7, 11) is 0. The molecule has 0 spiro atoms. The highest BCUT2D eigenvalue weighted by Crippen LogP contribution is 2.15. The molecule has 5 nitrogen and oxygen atoms in total. The van der Waals surface area contributed by atoms with Crippen LogP contribution in [0.2, 0.25) is 0 Å². The first-order valence-corrected chi connectivity index (χ1v) is 6.60. The van der Waals surface area contributed by atoms with Gasteiger partial charge in [0.25, 0.3) is 5.91 Å². The zero-order chi connectivity index (χ0) is 13.5. The van der Waals surface area contributed by atoms with Crippen LogP contribution in [0.1, 0.15) is 68.9 Å². The largest absolute Gasteiger partial charge is 0.446 e. The topological polar surface area (TPSA) is 81.2 Å². The Morgan fingerprint density at radius 2 is 2.11 bits per heavy atom. The van der Waals surface area contributed by atoms with E-state index in [0.717, 1.165) is 25.7 Å². The van der Waals surface area contributed by atoms with Crippen molar-refractivity contribution in [3.05, 3.63) is 17.8 Å². The van der Waals surface area contributed by atoms with Crippen molar-refractivity contribution in [2.45, 2.75) is 58.5 Å². The first-order chi connectivity index (χ1) is 8.58. The summed E-state index contributed by atoms with van der Waals surface area (Å²) in [5.74, 6) is 0.236. The van der Waals surface area contributed by atoms with Gasteiger partial charge in [0.2, 0.25) is 5.89 Å². The van der Waals surface area contributed by atoms with Crippen molar-refractivity contribution in [2.75, 3.05) is 0 Å². The molecule has 1 aromatic rings. The van der Waals surface area contributed by atoms with Gasteiger partial charge in [-0.05, 0) is 19.8 Å². The number of aromatic nitrogens is 1. The fourth-order valence-electron chi connectivity index (χ4n) is 1.80. The lowest BCUT2D eigenvalue weighted by Gasteiger charge is -2.10. The molecule has 0 aliphatic heterocycles. The number of nitrogens with two attached hydrogens (primary N) is 1. The molecule has 0 aliphatic carbocycles. The van der Waals surface area contributed by atoms with Crippen molar-refractivity contribution in [1.29, 1.82) is 0 Å². The molecular formula is C13H23N3O2. The highest BCUT2D eigenvalue weighted by molar-refractivity contribution is 5.92. The smallest absolute Gasteiger partial charge is 0.273 e. The van der Waals surface area contributed by atoms with E-state index in [2.05, 4.69) is 17.2 Å². The quantitative estimate of drug-likeness (QED) is 0.781. The summed E-state index contributed by atoms with van der Waals surface area (Å²) in [5.41, 5.74) is 6.19. The van der Waals surface area contributed by atoms with Crippen LogP contribution in [0.15, 0.2) is 10.7 Å². The SMILES string of the molecule is CCCC(C)NC(=O)c1coc(C(N)CCC)n1. The molecule has 0 aliphatic rings. The van der Waals surface area contributed by atoms with Gasteiger partial charge in [0.1, 0.15) is 6.26 Å². The van der Waals surface area contributed by atoms with E-state index < -0.39 is 0 Å². The van der Waals surface area contributed by atoms with Gasteiger partial charge in [0, 0.05) is 6.04 Å². The summed E-state index contributed by atoms with van der Waals surface area (Å²) in [4.78, 5) is 16.0. The minimum Gasteiger partial charge on any atom is -0.446 e. The molecule has 1 heterocycles. The molecule has 3 N–H and O–H groups in total. The third-order valence-electron chi connectivity index (χ3n) is 2.77. The molecule has 0 saturated heterocycles. The van der Waals surface area contributed by atoms with Crippen LogP contribution < -0.4 is 11.1 Å². The maximum Gasteiger partial charge on any atom is 0.273 e. The molecule has 102 valence electrons. The summed E-state index contributed by atoms with van der Waals surface area (Å²) in [6.07, 6.45) is 5.12. The zero-order valence-corrected chi connectivity index (χ0v) is 11.4. The highest BCUT2D eigenvalue weighted by Gasteiger charge is 2.17. The number of hydrogen-bond donors (Lipinski definition) is 2. The number of hydrogen-bond acceptors (Lipinski definition) is 4. The molecule has 0 fully saturated rings. The first-order valence-electron chi connectivity index (χ1n) is 6.60. The third kappa shape index (κ3) is 4.14. The Labute approximate surface area is 108 Å². The van der Waals surface area contributed by atoms with Crippen LogP contribution in [0.3, 0.4) is 0 Å². The van der Waals surface area contributed by atoms with Gasteiger partial charge in [0.05, 0.1) is 6.04 Å². The Morgan fingerprint density at radius 1 is 1.44 bits per heavy atom. The van der Waals surface area contributed by atoms with E-state index in [1.807, 2.05) is 13.8 Å². The molecule has 1 aromatic heterocycles. The maximum absolute atomic E-state index is 11.8. The molecule has 2 atom stereocenters. The van der Waals surface area contributed by atoms with E-state index in [1.165, 1.54) is 6.26 Å². The average molecular weight is 253 g/mol. The Hall–Kier alpha value is -1.36. The number of nitrogens with one attached hydrogen (secondary N) is 1. The summed E-state index contributed by atoms with van der Waals surface area (Å²) < 4.78 is 5.24. The summed E-state index contributed by atoms with van der Waals surface area (Å²) in [5, 5.41) is 2.88. The van der Waals surface area contributed by atoms with E-state index in [4.69, 9.17) is 10.2 Å². The minimum atomic E-state index is -0.232. The number of oxazole rings is 1. The maximum atomic E-state index is 11.8. The van der Waals surface area contributed by atoms with Crippen molar-refractivity contribution in [3.8, 4) is 0 Å². The lowest BCUT2D eigenvalue weighted by atomic mass is 10.2. The summed E-state index contributed by atoms with van der Waals surface area (Å²) in [6.45, 7) is 6.11.